The molecule has 2 atom stereocenters. The van der Waals surface area contributed by atoms with E-state index in [0.29, 0.717) is 12.3 Å². The summed E-state index contributed by atoms with van der Waals surface area (Å²) in [5.74, 6) is 0.458. The first-order chi connectivity index (χ1) is 7.56. The summed E-state index contributed by atoms with van der Waals surface area (Å²) in [5, 5.41) is -0.384. The summed E-state index contributed by atoms with van der Waals surface area (Å²) >= 11 is 0. The highest BCUT2D eigenvalue weighted by Gasteiger charge is 2.32. The molecule has 0 bridgehead atoms. The van der Waals surface area contributed by atoms with Gasteiger partial charge in [0.1, 0.15) is 5.25 Å². The minimum absolute atomic E-state index is 0.384. The number of sulfonamides is 1. The Hall–Kier alpha value is -0.870. The van der Waals surface area contributed by atoms with Gasteiger partial charge in [-0.1, -0.05) is 31.2 Å². The second kappa shape index (κ2) is 4.18. The Labute approximate surface area is 96.9 Å². The Kier molecular flexibility index (Phi) is 3.04. The lowest BCUT2D eigenvalue weighted by molar-refractivity contribution is 0.529. The van der Waals surface area contributed by atoms with Gasteiger partial charge in [0.25, 0.3) is 0 Å². The molecule has 1 aromatic rings. The van der Waals surface area contributed by atoms with Crippen molar-refractivity contribution in [3.05, 3.63) is 35.4 Å². The third-order valence-electron chi connectivity index (χ3n) is 3.39. The predicted octanol–water partition coefficient (Wildman–Crippen LogP) is 2.17. The van der Waals surface area contributed by atoms with E-state index in [9.17, 15) is 8.42 Å². The number of hydrogen-bond donors (Lipinski definition) is 1. The number of benzene rings is 1. The molecule has 3 nitrogen and oxygen atoms in total. The van der Waals surface area contributed by atoms with Gasteiger partial charge in [-0.2, -0.15) is 0 Å². The molecule has 0 saturated heterocycles. The Morgan fingerprint density at radius 2 is 1.81 bits per heavy atom. The van der Waals surface area contributed by atoms with Crippen molar-refractivity contribution in [1.82, 2.24) is 4.72 Å². The molecule has 1 N–H and O–H groups in total. The molecule has 1 aromatic carbocycles. The summed E-state index contributed by atoms with van der Waals surface area (Å²) in [4.78, 5) is 0. The van der Waals surface area contributed by atoms with E-state index in [0.717, 1.165) is 12.0 Å². The van der Waals surface area contributed by atoms with Crippen LogP contribution in [0.4, 0.5) is 0 Å². The average molecular weight is 239 g/mol. The van der Waals surface area contributed by atoms with Gasteiger partial charge in [-0.05, 0) is 36.9 Å². The van der Waals surface area contributed by atoms with Gasteiger partial charge in [-0.25, -0.2) is 13.1 Å². The smallest absolute Gasteiger partial charge is 0.218 e. The van der Waals surface area contributed by atoms with Crippen LogP contribution < -0.4 is 4.72 Å². The number of nitrogens with one attached hydrogen (secondary N) is 1. The first-order valence-corrected chi connectivity index (χ1v) is 7.12. The number of rotatable bonds is 2. The normalized spacial score (nSPS) is 25.1. The van der Waals surface area contributed by atoms with E-state index in [4.69, 9.17) is 0 Å². The Balaban J connectivity index is 2.51. The number of hydrogen-bond acceptors (Lipinski definition) is 2. The SMILES string of the molecule is CNS(=O)(=O)C1CCC(C)c2ccccc21. The van der Waals surface area contributed by atoms with Crippen molar-refractivity contribution < 1.29 is 8.42 Å². The van der Waals surface area contributed by atoms with Gasteiger partial charge in [-0.15, -0.1) is 0 Å². The lowest BCUT2D eigenvalue weighted by atomic mass is 9.84. The highest BCUT2D eigenvalue weighted by atomic mass is 32.2. The fraction of sp³-hybridized carbons (Fsp3) is 0.500. The van der Waals surface area contributed by atoms with Gasteiger partial charge in [0, 0.05) is 0 Å². The standard InChI is InChI=1S/C12H17NO2S/c1-9-7-8-12(16(14,15)13-2)11-6-4-3-5-10(9)11/h3-6,9,12-13H,7-8H2,1-2H3. The minimum Gasteiger partial charge on any atom is -0.218 e. The minimum atomic E-state index is -3.21. The summed E-state index contributed by atoms with van der Waals surface area (Å²) in [6.45, 7) is 2.15. The lowest BCUT2D eigenvalue weighted by Crippen LogP contribution is -2.29. The quantitative estimate of drug-likeness (QED) is 0.859. The number of fused-ring (bicyclic) bond motifs is 1. The molecule has 4 heteroatoms. The van der Waals surface area contributed by atoms with Crippen LogP contribution in [0.3, 0.4) is 0 Å². The zero-order valence-corrected chi connectivity index (χ0v) is 10.4. The third-order valence-corrected chi connectivity index (χ3v) is 5.20. The van der Waals surface area contributed by atoms with Crippen LogP contribution in [-0.2, 0) is 10.0 Å². The Morgan fingerprint density at radius 1 is 1.19 bits per heavy atom. The molecule has 0 aliphatic heterocycles. The van der Waals surface area contributed by atoms with Gasteiger partial charge in [-0.3, -0.25) is 0 Å². The summed E-state index contributed by atoms with van der Waals surface area (Å²) in [6.07, 6.45) is 1.64. The summed E-state index contributed by atoms with van der Waals surface area (Å²) in [5.41, 5.74) is 2.15. The van der Waals surface area contributed by atoms with Crippen molar-refractivity contribution in [3.63, 3.8) is 0 Å². The summed E-state index contributed by atoms with van der Waals surface area (Å²) in [7, 11) is -1.73. The Morgan fingerprint density at radius 3 is 2.44 bits per heavy atom. The largest absolute Gasteiger partial charge is 0.218 e. The predicted molar refractivity (Wildman–Crippen MR) is 64.8 cm³/mol. The first-order valence-electron chi connectivity index (χ1n) is 5.57. The Bertz CT molecular complexity index is 482. The molecule has 0 saturated carbocycles. The van der Waals surface area contributed by atoms with Crippen LogP contribution in [0.25, 0.3) is 0 Å². The molecule has 0 spiro atoms. The van der Waals surface area contributed by atoms with Crippen LogP contribution in [0.5, 0.6) is 0 Å². The van der Waals surface area contributed by atoms with Crippen molar-refractivity contribution >= 4 is 10.0 Å². The second-order valence-corrected chi connectivity index (χ2v) is 6.41. The van der Waals surface area contributed by atoms with Crippen molar-refractivity contribution in [2.75, 3.05) is 7.05 Å². The zero-order chi connectivity index (χ0) is 11.8. The molecule has 2 rings (SSSR count). The van der Waals surface area contributed by atoms with Crippen LogP contribution in [0, 0.1) is 0 Å². The average Bonchev–Trinajstić information content (AvgIpc) is 2.29. The van der Waals surface area contributed by atoms with Crippen molar-refractivity contribution in [2.45, 2.75) is 30.9 Å². The third kappa shape index (κ3) is 1.87. The van der Waals surface area contributed by atoms with Crippen LogP contribution in [0.2, 0.25) is 0 Å². The first kappa shape index (κ1) is 11.6. The second-order valence-electron chi connectivity index (χ2n) is 4.35. The van der Waals surface area contributed by atoms with Crippen LogP contribution in [0.15, 0.2) is 24.3 Å². The molecule has 0 aromatic heterocycles. The molecule has 16 heavy (non-hydrogen) atoms. The topological polar surface area (TPSA) is 46.2 Å². The summed E-state index contributed by atoms with van der Waals surface area (Å²) in [6, 6.07) is 7.86. The molecule has 0 radical (unpaired) electrons. The van der Waals surface area contributed by atoms with E-state index >= 15 is 0 Å². The van der Waals surface area contributed by atoms with Crippen LogP contribution in [-0.4, -0.2) is 15.5 Å². The van der Waals surface area contributed by atoms with Gasteiger partial charge in [0.05, 0.1) is 0 Å². The lowest BCUT2D eigenvalue weighted by Gasteiger charge is -2.29. The fourth-order valence-electron chi connectivity index (χ4n) is 2.43. The van der Waals surface area contributed by atoms with E-state index in [1.807, 2.05) is 24.3 Å². The van der Waals surface area contributed by atoms with Gasteiger partial charge in [0.15, 0.2) is 0 Å². The molecule has 88 valence electrons. The molecule has 2 unspecified atom stereocenters. The monoisotopic (exact) mass is 239 g/mol. The van der Waals surface area contributed by atoms with Crippen molar-refractivity contribution in [1.29, 1.82) is 0 Å². The highest BCUT2D eigenvalue weighted by Crippen LogP contribution is 2.40. The summed E-state index contributed by atoms with van der Waals surface area (Å²) < 4.78 is 26.3. The van der Waals surface area contributed by atoms with Crippen molar-refractivity contribution in [3.8, 4) is 0 Å². The molecule has 0 fully saturated rings. The van der Waals surface area contributed by atoms with Crippen molar-refractivity contribution in [2.24, 2.45) is 0 Å². The van der Waals surface area contributed by atoms with Gasteiger partial charge in [0.2, 0.25) is 10.0 Å². The molecule has 0 heterocycles. The zero-order valence-electron chi connectivity index (χ0n) is 9.60. The highest BCUT2D eigenvalue weighted by molar-refractivity contribution is 7.89. The molecule has 1 aliphatic rings. The molecular formula is C12H17NO2S. The van der Waals surface area contributed by atoms with Gasteiger partial charge >= 0.3 is 0 Å². The van der Waals surface area contributed by atoms with Gasteiger partial charge < -0.3 is 0 Å². The van der Waals surface area contributed by atoms with E-state index in [1.165, 1.54) is 12.6 Å². The molecule has 1 aliphatic carbocycles. The van der Waals surface area contributed by atoms with E-state index in [-0.39, 0.29) is 5.25 Å². The fourth-order valence-corrected chi connectivity index (χ4v) is 3.71. The molecular weight excluding hydrogens is 222 g/mol. The maximum Gasteiger partial charge on any atom is 0.218 e. The van der Waals surface area contributed by atoms with E-state index in [2.05, 4.69) is 11.6 Å². The van der Waals surface area contributed by atoms with Crippen LogP contribution >= 0.6 is 0 Å². The molecule has 0 amide bonds. The van der Waals surface area contributed by atoms with E-state index in [1.54, 1.807) is 0 Å². The van der Waals surface area contributed by atoms with E-state index < -0.39 is 10.0 Å². The van der Waals surface area contributed by atoms with Crippen LogP contribution in [0.1, 0.15) is 42.1 Å². The maximum absolute atomic E-state index is 11.9. The maximum atomic E-state index is 11.9.